The SMILES string of the molecule is CC1=CC(C)(C)N(Cc2cccc(C)c2)c2ccc(O)cc21. The average Bonchev–Trinajstić information content (AvgIpc) is 2.43. The maximum absolute atomic E-state index is 9.80. The van der Waals surface area contributed by atoms with Crippen molar-refractivity contribution in [2.45, 2.75) is 39.8 Å². The third-order valence-corrected chi connectivity index (χ3v) is 4.38. The highest BCUT2D eigenvalue weighted by atomic mass is 16.3. The second kappa shape index (κ2) is 5.20. The van der Waals surface area contributed by atoms with Gasteiger partial charge < -0.3 is 10.0 Å². The van der Waals surface area contributed by atoms with E-state index in [1.807, 2.05) is 12.1 Å². The van der Waals surface area contributed by atoms with Crippen LogP contribution in [0.3, 0.4) is 0 Å². The van der Waals surface area contributed by atoms with E-state index < -0.39 is 0 Å². The van der Waals surface area contributed by atoms with Crippen molar-refractivity contribution in [3.63, 3.8) is 0 Å². The molecule has 0 spiro atoms. The number of aromatic hydroxyl groups is 1. The maximum atomic E-state index is 9.80. The van der Waals surface area contributed by atoms with E-state index in [4.69, 9.17) is 0 Å². The number of aryl methyl sites for hydroxylation is 1. The molecule has 0 aliphatic carbocycles. The molecule has 0 saturated heterocycles. The number of fused-ring (bicyclic) bond motifs is 1. The Kier molecular flexibility index (Phi) is 3.48. The van der Waals surface area contributed by atoms with Gasteiger partial charge in [-0.05, 0) is 57.0 Å². The first kappa shape index (κ1) is 14.7. The molecule has 0 unspecified atom stereocenters. The van der Waals surface area contributed by atoms with Crippen LogP contribution in [-0.4, -0.2) is 10.6 Å². The van der Waals surface area contributed by atoms with Crippen LogP contribution in [0.5, 0.6) is 5.75 Å². The summed E-state index contributed by atoms with van der Waals surface area (Å²) in [6.07, 6.45) is 2.28. The lowest BCUT2D eigenvalue weighted by Crippen LogP contribution is -2.44. The number of benzene rings is 2. The first-order chi connectivity index (χ1) is 10.4. The fourth-order valence-electron chi connectivity index (χ4n) is 3.35. The number of anilines is 1. The van der Waals surface area contributed by atoms with E-state index in [1.165, 1.54) is 22.4 Å². The first-order valence-electron chi connectivity index (χ1n) is 7.73. The summed E-state index contributed by atoms with van der Waals surface area (Å²) < 4.78 is 0. The summed E-state index contributed by atoms with van der Waals surface area (Å²) in [4.78, 5) is 2.41. The molecule has 1 heterocycles. The van der Waals surface area contributed by atoms with E-state index >= 15 is 0 Å². The third-order valence-electron chi connectivity index (χ3n) is 4.38. The molecule has 3 rings (SSSR count). The molecular formula is C20H23NO. The molecule has 1 aliphatic rings. The van der Waals surface area contributed by atoms with E-state index in [0.717, 1.165) is 12.1 Å². The van der Waals surface area contributed by atoms with Crippen LogP contribution in [0.25, 0.3) is 5.57 Å². The van der Waals surface area contributed by atoms with Crippen molar-refractivity contribution in [1.29, 1.82) is 0 Å². The van der Waals surface area contributed by atoms with Crippen molar-refractivity contribution in [2.75, 3.05) is 4.90 Å². The molecule has 2 nitrogen and oxygen atoms in total. The van der Waals surface area contributed by atoms with Crippen LogP contribution < -0.4 is 4.90 Å². The summed E-state index contributed by atoms with van der Waals surface area (Å²) in [5.41, 5.74) is 6.05. The van der Waals surface area contributed by atoms with Gasteiger partial charge in [0.05, 0.1) is 5.54 Å². The lowest BCUT2D eigenvalue weighted by molar-refractivity contribution is 0.474. The molecule has 0 bridgehead atoms. The molecule has 2 heteroatoms. The summed E-state index contributed by atoms with van der Waals surface area (Å²) in [7, 11) is 0. The Labute approximate surface area is 132 Å². The number of allylic oxidation sites excluding steroid dienone is 1. The second-order valence-electron chi connectivity index (χ2n) is 6.76. The van der Waals surface area contributed by atoms with Crippen LogP contribution in [0.2, 0.25) is 0 Å². The van der Waals surface area contributed by atoms with E-state index in [9.17, 15) is 5.11 Å². The molecule has 0 aromatic heterocycles. The monoisotopic (exact) mass is 293 g/mol. The Bertz CT molecular complexity index is 743. The fourth-order valence-corrected chi connectivity index (χ4v) is 3.35. The van der Waals surface area contributed by atoms with Crippen LogP contribution >= 0.6 is 0 Å². The van der Waals surface area contributed by atoms with Crippen molar-refractivity contribution in [1.82, 2.24) is 0 Å². The van der Waals surface area contributed by atoms with Crippen LogP contribution in [-0.2, 0) is 6.54 Å². The highest BCUT2D eigenvalue weighted by Crippen LogP contribution is 2.41. The summed E-state index contributed by atoms with van der Waals surface area (Å²) in [6, 6.07) is 14.3. The normalized spacial score (nSPS) is 16.2. The van der Waals surface area contributed by atoms with Gasteiger partial charge in [-0.2, -0.15) is 0 Å². The van der Waals surface area contributed by atoms with Crippen LogP contribution in [0.1, 0.15) is 37.5 Å². The largest absolute Gasteiger partial charge is 0.508 e. The number of phenolic OH excluding ortho intramolecular Hbond substituents is 1. The van der Waals surface area contributed by atoms with Crippen molar-refractivity contribution in [2.24, 2.45) is 0 Å². The van der Waals surface area contributed by atoms with Gasteiger partial charge in [0, 0.05) is 17.8 Å². The van der Waals surface area contributed by atoms with Gasteiger partial charge in [-0.15, -0.1) is 0 Å². The molecule has 2 aromatic carbocycles. The number of hydrogen-bond donors (Lipinski definition) is 1. The highest BCUT2D eigenvalue weighted by molar-refractivity contribution is 5.82. The minimum absolute atomic E-state index is 0.0577. The summed E-state index contributed by atoms with van der Waals surface area (Å²) in [6.45, 7) is 9.57. The quantitative estimate of drug-likeness (QED) is 0.851. The van der Waals surface area contributed by atoms with Crippen LogP contribution in [0, 0.1) is 6.92 Å². The van der Waals surface area contributed by atoms with E-state index in [2.05, 4.69) is 62.9 Å². The topological polar surface area (TPSA) is 23.5 Å². The van der Waals surface area contributed by atoms with Gasteiger partial charge in [0.2, 0.25) is 0 Å². The van der Waals surface area contributed by atoms with Crippen LogP contribution in [0.4, 0.5) is 5.69 Å². The zero-order valence-electron chi connectivity index (χ0n) is 13.7. The molecule has 22 heavy (non-hydrogen) atoms. The molecule has 0 amide bonds. The van der Waals surface area contributed by atoms with Gasteiger partial charge in [-0.3, -0.25) is 0 Å². The smallest absolute Gasteiger partial charge is 0.116 e. The van der Waals surface area contributed by atoms with Gasteiger partial charge in [0.25, 0.3) is 0 Å². The Morgan fingerprint density at radius 1 is 1.05 bits per heavy atom. The molecule has 0 fully saturated rings. The van der Waals surface area contributed by atoms with Gasteiger partial charge in [0.1, 0.15) is 5.75 Å². The Morgan fingerprint density at radius 3 is 2.55 bits per heavy atom. The summed E-state index contributed by atoms with van der Waals surface area (Å²) >= 11 is 0. The van der Waals surface area contributed by atoms with E-state index in [1.54, 1.807) is 6.07 Å². The zero-order valence-corrected chi connectivity index (χ0v) is 13.7. The third kappa shape index (κ3) is 2.61. The predicted molar refractivity (Wildman–Crippen MR) is 93.2 cm³/mol. The van der Waals surface area contributed by atoms with E-state index in [0.29, 0.717) is 5.75 Å². The predicted octanol–water partition coefficient (Wildman–Crippen LogP) is 4.90. The lowest BCUT2D eigenvalue weighted by atomic mass is 9.88. The average molecular weight is 293 g/mol. The molecule has 0 atom stereocenters. The van der Waals surface area contributed by atoms with Gasteiger partial charge in [-0.1, -0.05) is 35.9 Å². The number of phenols is 1. The fraction of sp³-hybridized carbons (Fsp3) is 0.300. The van der Waals surface area contributed by atoms with Crippen molar-refractivity contribution in [3.8, 4) is 5.75 Å². The lowest BCUT2D eigenvalue weighted by Gasteiger charge is -2.43. The standard InChI is InChI=1S/C20H23NO/c1-14-6-5-7-16(10-14)13-21-19-9-8-17(22)11-18(19)15(2)12-20(21,3)4/h5-12,22H,13H2,1-4H3. The van der Waals surface area contributed by atoms with Crippen molar-refractivity contribution < 1.29 is 5.11 Å². The second-order valence-corrected chi connectivity index (χ2v) is 6.76. The zero-order chi connectivity index (χ0) is 15.9. The summed E-state index contributed by atoms with van der Waals surface area (Å²) in [5.74, 6) is 0.321. The molecule has 1 aliphatic heterocycles. The highest BCUT2D eigenvalue weighted by Gasteiger charge is 2.31. The van der Waals surface area contributed by atoms with Crippen molar-refractivity contribution >= 4 is 11.3 Å². The number of nitrogens with zero attached hydrogens (tertiary/aromatic N) is 1. The molecule has 114 valence electrons. The minimum Gasteiger partial charge on any atom is -0.508 e. The Morgan fingerprint density at radius 2 is 1.82 bits per heavy atom. The maximum Gasteiger partial charge on any atom is 0.116 e. The van der Waals surface area contributed by atoms with E-state index in [-0.39, 0.29) is 5.54 Å². The summed E-state index contributed by atoms with van der Waals surface area (Å²) in [5, 5.41) is 9.80. The number of rotatable bonds is 2. The molecule has 1 N–H and O–H groups in total. The molecular weight excluding hydrogens is 270 g/mol. The minimum atomic E-state index is -0.0577. The molecule has 0 radical (unpaired) electrons. The van der Waals surface area contributed by atoms with Crippen molar-refractivity contribution in [3.05, 3.63) is 65.2 Å². The Balaban J connectivity index is 2.06. The Hall–Kier alpha value is -2.22. The molecule has 0 saturated carbocycles. The van der Waals surface area contributed by atoms with Gasteiger partial charge >= 0.3 is 0 Å². The molecule has 2 aromatic rings. The van der Waals surface area contributed by atoms with Crippen LogP contribution in [0.15, 0.2) is 48.5 Å². The van der Waals surface area contributed by atoms with Gasteiger partial charge in [0.15, 0.2) is 0 Å². The number of hydrogen-bond acceptors (Lipinski definition) is 2. The van der Waals surface area contributed by atoms with Gasteiger partial charge in [-0.25, -0.2) is 0 Å². The first-order valence-corrected chi connectivity index (χ1v) is 7.73.